The van der Waals surface area contributed by atoms with E-state index in [2.05, 4.69) is 4.99 Å². The topological polar surface area (TPSA) is 91.0 Å². The molecule has 0 aromatic heterocycles. The quantitative estimate of drug-likeness (QED) is 0.520. The van der Waals surface area contributed by atoms with Gasteiger partial charge in [-0.15, -0.1) is 0 Å². The van der Waals surface area contributed by atoms with E-state index in [4.69, 9.17) is 32.3 Å². The Kier molecular flexibility index (Phi) is 5.54. The highest BCUT2D eigenvalue weighted by atomic mass is 35.5. The van der Waals surface area contributed by atoms with Crippen molar-refractivity contribution in [3.63, 3.8) is 0 Å². The molecule has 2 aliphatic rings. The van der Waals surface area contributed by atoms with E-state index in [1.54, 1.807) is 6.92 Å². The number of rotatable bonds is 7. The van der Waals surface area contributed by atoms with E-state index in [1.807, 2.05) is 13.8 Å². The number of benzene rings is 1. The van der Waals surface area contributed by atoms with Crippen molar-refractivity contribution in [3.05, 3.63) is 46.0 Å². The lowest BCUT2D eigenvalue weighted by Gasteiger charge is -2.41. The van der Waals surface area contributed by atoms with Gasteiger partial charge in [-0.3, -0.25) is 9.79 Å². The van der Waals surface area contributed by atoms with Crippen molar-refractivity contribution >= 4 is 29.1 Å². The molecule has 2 unspecified atom stereocenters. The van der Waals surface area contributed by atoms with E-state index in [0.717, 1.165) is 0 Å². The molecule has 1 heterocycles. The molecule has 0 saturated heterocycles. The van der Waals surface area contributed by atoms with Gasteiger partial charge in [0.15, 0.2) is 0 Å². The first-order valence-corrected chi connectivity index (χ1v) is 10.4. The van der Waals surface area contributed by atoms with Gasteiger partial charge in [0.1, 0.15) is 5.78 Å². The first-order chi connectivity index (χ1) is 15.9. The SMILES string of the molecule is [2H]c1c([2H])c(C2C(C(=O)OCC)=C(COCCN)N=C3CC(C)(C)CC(=O)C32)c([2H])c([2H])c1Cl. The van der Waals surface area contributed by atoms with Gasteiger partial charge in [-0.1, -0.05) is 37.5 Å². The minimum atomic E-state index is -1.11. The average Bonchev–Trinajstić information content (AvgIpc) is 2.75. The Hall–Kier alpha value is -2.02. The van der Waals surface area contributed by atoms with E-state index in [0.29, 0.717) is 12.1 Å². The monoisotopic (exact) mass is 436 g/mol. The Balaban J connectivity index is 2.35. The molecule has 30 heavy (non-hydrogen) atoms. The summed E-state index contributed by atoms with van der Waals surface area (Å²) in [5.41, 5.74) is 5.86. The third kappa shape index (κ3) is 4.82. The minimum absolute atomic E-state index is 0.00352. The van der Waals surface area contributed by atoms with Crippen molar-refractivity contribution in [3.8, 4) is 0 Å². The second-order valence-electron chi connectivity index (χ2n) is 8.19. The molecule has 0 amide bonds. The molecule has 6 nitrogen and oxygen atoms in total. The molecule has 162 valence electrons. The molecule has 0 spiro atoms. The van der Waals surface area contributed by atoms with E-state index in [-0.39, 0.29) is 65.8 Å². The molecule has 2 N–H and O–H groups in total. The van der Waals surface area contributed by atoms with E-state index in [1.165, 1.54) is 0 Å². The number of carbonyl (C=O) groups excluding carboxylic acids is 2. The summed E-state index contributed by atoms with van der Waals surface area (Å²) in [6, 6.07) is -1.68. The smallest absolute Gasteiger partial charge is 0.336 e. The molecule has 3 rings (SSSR count). The predicted molar refractivity (Wildman–Crippen MR) is 117 cm³/mol. The number of carbonyl (C=O) groups is 2. The van der Waals surface area contributed by atoms with Crippen LogP contribution in [0.25, 0.3) is 0 Å². The summed E-state index contributed by atoms with van der Waals surface area (Å²) < 4.78 is 44.5. The maximum Gasteiger partial charge on any atom is 0.336 e. The number of nitrogens with zero attached hydrogens (tertiary/aromatic N) is 1. The van der Waals surface area contributed by atoms with Crippen LogP contribution in [0.3, 0.4) is 0 Å². The summed E-state index contributed by atoms with van der Waals surface area (Å²) in [5, 5.41) is -0.326. The summed E-state index contributed by atoms with van der Waals surface area (Å²) >= 11 is 6.02. The first kappa shape index (κ1) is 17.6. The van der Waals surface area contributed by atoms with Gasteiger partial charge in [0, 0.05) is 29.6 Å². The summed E-state index contributed by atoms with van der Waals surface area (Å²) in [4.78, 5) is 31.3. The van der Waals surface area contributed by atoms with Crippen molar-refractivity contribution in [1.82, 2.24) is 0 Å². The lowest BCUT2D eigenvalue weighted by atomic mass is 9.63. The molecule has 1 aliphatic heterocycles. The highest BCUT2D eigenvalue weighted by Gasteiger charge is 2.48. The Morgan fingerprint density at radius 3 is 2.63 bits per heavy atom. The fourth-order valence-electron chi connectivity index (χ4n) is 4.09. The first-order valence-electron chi connectivity index (χ1n) is 12.0. The number of ether oxygens (including phenoxy) is 2. The summed E-state index contributed by atoms with van der Waals surface area (Å²) in [5.74, 6) is -2.96. The van der Waals surface area contributed by atoms with Crippen molar-refractivity contribution in [2.45, 2.75) is 39.5 Å². The predicted octanol–water partition coefficient (Wildman–Crippen LogP) is 3.68. The molecule has 1 fully saturated rings. The molecule has 1 saturated carbocycles. The van der Waals surface area contributed by atoms with Crippen molar-refractivity contribution in [1.29, 1.82) is 0 Å². The summed E-state index contributed by atoms with van der Waals surface area (Å²) in [6.07, 6.45) is 0.685. The Bertz CT molecular complexity index is 1060. The second-order valence-corrected chi connectivity index (χ2v) is 8.57. The Morgan fingerprint density at radius 1 is 1.30 bits per heavy atom. The maximum absolute atomic E-state index is 13.4. The zero-order valence-electron chi connectivity index (χ0n) is 21.4. The van der Waals surface area contributed by atoms with E-state index < -0.39 is 42.0 Å². The third-order valence-electron chi connectivity index (χ3n) is 5.17. The molecule has 7 heteroatoms. The van der Waals surface area contributed by atoms with Gasteiger partial charge in [-0.05, 0) is 36.4 Å². The molecular weight excluding hydrogens is 404 g/mol. The molecule has 1 aromatic carbocycles. The molecule has 2 atom stereocenters. The number of fused-ring (bicyclic) bond motifs is 1. The van der Waals surface area contributed by atoms with Gasteiger partial charge in [0.05, 0.1) is 42.5 Å². The van der Waals surface area contributed by atoms with Crippen LogP contribution in [0.5, 0.6) is 0 Å². The maximum atomic E-state index is 13.4. The normalized spacial score (nSPS) is 25.0. The number of halogens is 1. The van der Waals surface area contributed by atoms with Crippen LogP contribution in [0.1, 0.15) is 50.6 Å². The van der Waals surface area contributed by atoms with Crippen LogP contribution in [0, 0.1) is 11.3 Å². The van der Waals surface area contributed by atoms with Gasteiger partial charge in [-0.2, -0.15) is 0 Å². The lowest BCUT2D eigenvalue weighted by Crippen LogP contribution is -2.44. The van der Waals surface area contributed by atoms with Gasteiger partial charge in [-0.25, -0.2) is 4.79 Å². The van der Waals surface area contributed by atoms with Gasteiger partial charge < -0.3 is 15.2 Å². The largest absolute Gasteiger partial charge is 0.463 e. The summed E-state index contributed by atoms with van der Waals surface area (Å²) in [6.45, 7) is 5.99. The molecule has 0 bridgehead atoms. The molecule has 1 aliphatic carbocycles. The minimum Gasteiger partial charge on any atom is -0.463 e. The van der Waals surface area contributed by atoms with Crippen LogP contribution < -0.4 is 5.73 Å². The standard InChI is InChI=1S/C23H29ClN2O4/c1-4-30-22(28)21-17(13-29-10-9-25)26-16-11-23(2,3)12-18(27)20(16)19(21)14-5-7-15(24)8-6-14/h5-8,19-20H,4,9-13,25H2,1-3H3/i5D,6D,7D,8D. The van der Waals surface area contributed by atoms with Crippen LogP contribution in [0.4, 0.5) is 0 Å². The lowest BCUT2D eigenvalue weighted by molar-refractivity contribution is -0.139. The van der Waals surface area contributed by atoms with Crippen LogP contribution in [-0.2, 0) is 19.1 Å². The number of nitrogens with two attached hydrogens (primary N) is 1. The number of ketones is 1. The van der Waals surface area contributed by atoms with Crippen LogP contribution >= 0.6 is 11.6 Å². The van der Waals surface area contributed by atoms with E-state index in [9.17, 15) is 9.59 Å². The highest BCUT2D eigenvalue weighted by molar-refractivity contribution is 6.30. The van der Waals surface area contributed by atoms with E-state index >= 15 is 0 Å². The number of hydrogen-bond donors (Lipinski definition) is 1. The van der Waals surface area contributed by atoms with Crippen LogP contribution in [-0.4, -0.2) is 43.8 Å². The van der Waals surface area contributed by atoms with Gasteiger partial charge in [0.2, 0.25) is 0 Å². The molecule has 0 radical (unpaired) electrons. The second kappa shape index (κ2) is 9.41. The van der Waals surface area contributed by atoms with Crippen molar-refractivity contribution in [2.24, 2.45) is 22.1 Å². The zero-order chi connectivity index (χ0) is 25.4. The highest BCUT2D eigenvalue weighted by Crippen LogP contribution is 2.47. The van der Waals surface area contributed by atoms with Gasteiger partial charge in [0.25, 0.3) is 0 Å². The fourth-order valence-corrected chi connectivity index (χ4v) is 4.18. The summed E-state index contributed by atoms with van der Waals surface area (Å²) in [7, 11) is 0. The number of aliphatic imine (C=N–C) groups is 1. The van der Waals surface area contributed by atoms with Crippen molar-refractivity contribution < 1.29 is 24.5 Å². The van der Waals surface area contributed by atoms with Gasteiger partial charge >= 0.3 is 5.97 Å². The number of Topliss-reactive ketones (excluding diaryl/α,β-unsaturated/α-hetero) is 1. The zero-order valence-corrected chi connectivity index (χ0v) is 18.2. The average molecular weight is 437 g/mol. The van der Waals surface area contributed by atoms with Crippen LogP contribution in [0.15, 0.2) is 40.4 Å². The fraction of sp³-hybridized carbons (Fsp3) is 0.522. The van der Waals surface area contributed by atoms with Crippen LogP contribution in [0.2, 0.25) is 5.02 Å². The Labute approximate surface area is 188 Å². The number of hydrogen-bond acceptors (Lipinski definition) is 6. The molecular formula is C23H29ClN2O4. The van der Waals surface area contributed by atoms with Crippen molar-refractivity contribution in [2.75, 3.05) is 26.4 Å². The number of esters is 1. The molecule has 1 aromatic rings. The Morgan fingerprint density at radius 2 is 2.00 bits per heavy atom. The third-order valence-corrected chi connectivity index (χ3v) is 5.36.